The molecule has 1 aliphatic heterocycles. The first-order valence-electron chi connectivity index (χ1n) is 9.63. The summed E-state index contributed by atoms with van der Waals surface area (Å²) in [4.78, 5) is 9.57. The Balaban J connectivity index is 1.59. The second-order valence-electron chi connectivity index (χ2n) is 7.48. The van der Waals surface area contributed by atoms with Crippen molar-refractivity contribution in [2.45, 2.75) is 32.5 Å². The van der Waals surface area contributed by atoms with Crippen molar-refractivity contribution in [1.29, 1.82) is 0 Å². The Morgan fingerprint density at radius 3 is 2.44 bits per heavy atom. The summed E-state index contributed by atoms with van der Waals surface area (Å²) >= 11 is 0. The zero-order valence-corrected chi connectivity index (χ0v) is 16.3. The molecule has 2 unspecified atom stereocenters. The van der Waals surface area contributed by atoms with Gasteiger partial charge in [-0.1, -0.05) is 36.4 Å². The summed E-state index contributed by atoms with van der Waals surface area (Å²) in [5, 5.41) is 1.11. The third-order valence-electron chi connectivity index (χ3n) is 5.55. The second-order valence-corrected chi connectivity index (χ2v) is 7.48. The molecule has 3 aromatic rings. The molecule has 1 saturated heterocycles. The van der Waals surface area contributed by atoms with Crippen molar-refractivity contribution in [2.24, 2.45) is 0 Å². The van der Waals surface area contributed by atoms with Crippen LogP contribution in [-0.2, 0) is 6.54 Å². The SMILES string of the molecule is COc1cc2cccnc2cc1N1CC(C)N(Cc2ccccc2)C(C)C1. The first-order valence-corrected chi connectivity index (χ1v) is 9.63. The Hall–Kier alpha value is -2.59. The van der Waals surface area contributed by atoms with Gasteiger partial charge < -0.3 is 9.64 Å². The van der Waals surface area contributed by atoms with Crippen LogP contribution in [0, 0.1) is 0 Å². The minimum atomic E-state index is 0.457. The van der Waals surface area contributed by atoms with Gasteiger partial charge in [-0.3, -0.25) is 9.88 Å². The van der Waals surface area contributed by atoms with Gasteiger partial charge in [0.25, 0.3) is 0 Å². The maximum Gasteiger partial charge on any atom is 0.142 e. The quantitative estimate of drug-likeness (QED) is 0.691. The van der Waals surface area contributed by atoms with E-state index in [0.29, 0.717) is 12.1 Å². The van der Waals surface area contributed by atoms with Crippen molar-refractivity contribution in [3.63, 3.8) is 0 Å². The highest BCUT2D eigenvalue weighted by molar-refractivity contribution is 5.86. The van der Waals surface area contributed by atoms with Crippen molar-refractivity contribution in [2.75, 3.05) is 25.1 Å². The second kappa shape index (κ2) is 7.57. The molecule has 27 heavy (non-hydrogen) atoms. The molecule has 4 nitrogen and oxygen atoms in total. The molecule has 1 fully saturated rings. The van der Waals surface area contributed by atoms with E-state index in [1.807, 2.05) is 12.3 Å². The zero-order chi connectivity index (χ0) is 18.8. The summed E-state index contributed by atoms with van der Waals surface area (Å²) in [6.45, 7) is 7.58. The maximum absolute atomic E-state index is 5.72. The van der Waals surface area contributed by atoms with Crippen molar-refractivity contribution >= 4 is 16.6 Å². The van der Waals surface area contributed by atoms with Crippen molar-refractivity contribution in [1.82, 2.24) is 9.88 Å². The monoisotopic (exact) mass is 361 g/mol. The number of ether oxygens (including phenoxy) is 1. The molecule has 4 heteroatoms. The van der Waals surface area contributed by atoms with Crippen LogP contribution in [0.5, 0.6) is 5.75 Å². The molecule has 0 aliphatic carbocycles. The molecule has 2 atom stereocenters. The Morgan fingerprint density at radius 1 is 1.00 bits per heavy atom. The number of methoxy groups -OCH3 is 1. The molecule has 0 amide bonds. The molecule has 4 rings (SSSR count). The van der Waals surface area contributed by atoms with Gasteiger partial charge in [0.05, 0.1) is 18.3 Å². The van der Waals surface area contributed by atoms with E-state index in [2.05, 4.69) is 77.2 Å². The lowest BCUT2D eigenvalue weighted by Crippen LogP contribution is -2.56. The summed E-state index contributed by atoms with van der Waals surface area (Å²) in [5.41, 5.74) is 3.53. The summed E-state index contributed by atoms with van der Waals surface area (Å²) in [6.07, 6.45) is 1.85. The van der Waals surface area contributed by atoms with E-state index in [1.54, 1.807) is 7.11 Å². The number of rotatable bonds is 4. The van der Waals surface area contributed by atoms with Gasteiger partial charge >= 0.3 is 0 Å². The topological polar surface area (TPSA) is 28.6 Å². The minimum Gasteiger partial charge on any atom is -0.495 e. The van der Waals surface area contributed by atoms with E-state index in [9.17, 15) is 0 Å². The molecule has 140 valence electrons. The van der Waals surface area contributed by atoms with Gasteiger partial charge in [-0.15, -0.1) is 0 Å². The normalized spacial score (nSPS) is 20.8. The lowest BCUT2D eigenvalue weighted by Gasteiger charge is -2.45. The lowest BCUT2D eigenvalue weighted by molar-refractivity contribution is 0.123. The maximum atomic E-state index is 5.72. The molecule has 0 bridgehead atoms. The van der Waals surface area contributed by atoms with Gasteiger partial charge in [0.1, 0.15) is 5.75 Å². The highest BCUT2D eigenvalue weighted by Gasteiger charge is 2.30. The molecule has 0 spiro atoms. The Morgan fingerprint density at radius 2 is 1.74 bits per heavy atom. The molecule has 1 aliphatic rings. The molecule has 2 aromatic carbocycles. The lowest BCUT2D eigenvalue weighted by atomic mass is 10.0. The third kappa shape index (κ3) is 3.62. The van der Waals surface area contributed by atoms with Crippen LogP contribution in [0.2, 0.25) is 0 Å². The van der Waals surface area contributed by atoms with Gasteiger partial charge in [0, 0.05) is 43.3 Å². The minimum absolute atomic E-state index is 0.457. The number of hydrogen-bond acceptors (Lipinski definition) is 4. The Kier molecular flexibility index (Phi) is 4.99. The van der Waals surface area contributed by atoms with Crippen molar-refractivity contribution in [3.05, 3.63) is 66.4 Å². The van der Waals surface area contributed by atoms with Gasteiger partial charge in [0.2, 0.25) is 0 Å². The predicted octanol–water partition coefficient (Wildman–Crippen LogP) is 4.34. The first kappa shape index (κ1) is 17.8. The van der Waals surface area contributed by atoms with Crippen LogP contribution in [0.3, 0.4) is 0 Å². The fourth-order valence-corrected chi connectivity index (χ4v) is 4.16. The summed E-state index contributed by atoms with van der Waals surface area (Å²) in [6, 6.07) is 20.0. The van der Waals surface area contributed by atoms with Crippen LogP contribution in [0.1, 0.15) is 19.4 Å². The number of fused-ring (bicyclic) bond motifs is 1. The largest absolute Gasteiger partial charge is 0.495 e. The van der Waals surface area contributed by atoms with E-state index in [4.69, 9.17) is 4.74 Å². The van der Waals surface area contributed by atoms with Gasteiger partial charge in [0.15, 0.2) is 0 Å². The fraction of sp³-hybridized carbons (Fsp3) is 0.348. The number of nitrogens with zero attached hydrogens (tertiary/aromatic N) is 3. The van der Waals surface area contributed by atoms with E-state index in [1.165, 1.54) is 5.56 Å². The molecule has 0 saturated carbocycles. The summed E-state index contributed by atoms with van der Waals surface area (Å²) in [5.74, 6) is 0.923. The van der Waals surface area contributed by atoms with Crippen LogP contribution >= 0.6 is 0 Å². The smallest absolute Gasteiger partial charge is 0.142 e. The number of pyridine rings is 1. The molecule has 2 heterocycles. The Labute approximate surface area is 161 Å². The highest BCUT2D eigenvalue weighted by Crippen LogP contribution is 2.34. The number of piperazine rings is 1. The number of benzene rings is 2. The average Bonchev–Trinajstić information content (AvgIpc) is 2.70. The molecule has 0 radical (unpaired) electrons. The third-order valence-corrected chi connectivity index (χ3v) is 5.55. The van der Waals surface area contributed by atoms with Crippen molar-refractivity contribution < 1.29 is 4.74 Å². The zero-order valence-electron chi connectivity index (χ0n) is 16.3. The van der Waals surface area contributed by atoms with Crippen LogP contribution in [0.4, 0.5) is 5.69 Å². The predicted molar refractivity (Wildman–Crippen MR) is 111 cm³/mol. The molecular formula is C23H27N3O. The van der Waals surface area contributed by atoms with Gasteiger partial charge in [-0.05, 0) is 37.6 Å². The molecular weight excluding hydrogens is 334 g/mol. The van der Waals surface area contributed by atoms with Crippen LogP contribution in [-0.4, -0.2) is 42.2 Å². The van der Waals surface area contributed by atoms with E-state index in [-0.39, 0.29) is 0 Å². The average molecular weight is 361 g/mol. The Bertz CT molecular complexity index is 900. The van der Waals surface area contributed by atoms with Gasteiger partial charge in [-0.25, -0.2) is 0 Å². The number of aromatic nitrogens is 1. The standard InChI is InChI=1S/C23H27N3O/c1-17-14-25(15-18(2)26(17)16-19-8-5-4-6-9-19)22-13-21-20(10-7-11-24-21)12-23(22)27-3/h4-13,17-18H,14-16H2,1-3H3. The van der Waals surface area contributed by atoms with Crippen LogP contribution in [0.15, 0.2) is 60.8 Å². The highest BCUT2D eigenvalue weighted by atomic mass is 16.5. The molecule has 1 aromatic heterocycles. The number of hydrogen-bond donors (Lipinski definition) is 0. The number of anilines is 1. The van der Waals surface area contributed by atoms with E-state index in [0.717, 1.165) is 42.0 Å². The van der Waals surface area contributed by atoms with E-state index < -0.39 is 0 Å². The summed E-state index contributed by atoms with van der Waals surface area (Å²) in [7, 11) is 1.75. The van der Waals surface area contributed by atoms with Crippen LogP contribution < -0.4 is 9.64 Å². The summed E-state index contributed by atoms with van der Waals surface area (Å²) < 4.78 is 5.72. The van der Waals surface area contributed by atoms with Crippen LogP contribution in [0.25, 0.3) is 10.9 Å². The van der Waals surface area contributed by atoms with Gasteiger partial charge in [-0.2, -0.15) is 0 Å². The molecule has 0 N–H and O–H groups in total. The van der Waals surface area contributed by atoms with Crippen molar-refractivity contribution in [3.8, 4) is 5.75 Å². The first-order chi connectivity index (χ1) is 13.2. The van der Waals surface area contributed by atoms with E-state index >= 15 is 0 Å². The fourth-order valence-electron chi connectivity index (χ4n) is 4.16.